The van der Waals surface area contributed by atoms with Crippen LogP contribution in [0.15, 0.2) is 0 Å². The first kappa shape index (κ1) is 19.1. The highest BCUT2D eigenvalue weighted by Gasteiger charge is 2.48. The van der Waals surface area contributed by atoms with Crippen molar-refractivity contribution in [2.45, 2.75) is 57.7 Å². The summed E-state index contributed by atoms with van der Waals surface area (Å²) in [5.74, 6) is 0.168. The van der Waals surface area contributed by atoms with Crippen molar-refractivity contribution in [3.05, 3.63) is 0 Å². The fraction of sp³-hybridized carbons (Fsp3) is 0.867. The lowest BCUT2D eigenvalue weighted by Crippen LogP contribution is -2.72. The van der Waals surface area contributed by atoms with E-state index in [0.717, 1.165) is 12.2 Å². The van der Waals surface area contributed by atoms with Gasteiger partial charge in [0.05, 0.1) is 12.0 Å². The molecule has 0 spiro atoms. The number of aliphatic carboxylic acids is 1. The first-order valence-corrected chi connectivity index (χ1v) is 8.93. The highest BCUT2D eigenvalue weighted by atomic mass is 32.2. The van der Waals surface area contributed by atoms with Gasteiger partial charge in [-0.2, -0.15) is 11.8 Å². The van der Waals surface area contributed by atoms with Crippen LogP contribution in [0.25, 0.3) is 0 Å². The van der Waals surface area contributed by atoms with Crippen molar-refractivity contribution in [1.82, 2.24) is 10.2 Å². The van der Waals surface area contributed by atoms with Crippen LogP contribution < -0.4 is 5.32 Å². The molecule has 1 heterocycles. The molecule has 0 aromatic heterocycles. The Kier molecular flexibility index (Phi) is 6.55. The van der Waals surface area contributed by atoms with Crippen molar-refractivity contribution in [3.8, 4) is 0 Å². The third-order valence-corrected chi connectivity index (χ3v) is 4.08. The van der Waals surface area contributed by atoms with Gasteiger partial charge in [0.2, 0.25) is 0 Å². The van der Waals surface area contributed by atoms with Gasteiger partial charge in [-0.15, -0.1) is 0 Å². The van der Waals surface area contributed by atoms with Crippen LogP contribution in [0.5, 0.6) is 0 Å². The van der Waals surface area contributed by atoms with Gasteiger partial charge in [0.1, 0.15) is 5.60 Å². The van der Waals surface area contributed by atoms with E-state index >= 15 is 0 Å². The summed E-state index contributed by atoms with van der Waals surface area (Å²) < 4.78 is 5.32. The normalized spacial score (nSPS) is 18.5. The van der Waals surface area contributed by atoms with Crippen LogP contribution in [-0.4, -0.2) is 64.3 Å². The van der Waals surface area contributed by atoms with Gasteiger partial charge in [-0.25, -0.2) is 4.79 Å². The molecule has 0 bridgehead atoms. The molecule has 2 N–H and O–H groups in total. The zero-order valence-corrected chi connectivity index (χ0v) is 15.0. The predicted molar refractivity (Wildman–Crippen MR) is 88.4 cm³/mol. The molecule has 1 fully saturated rings. The van der Waals surface area contributed by atoms with Gasteiger partial charge in [-0.05, 0) is 46.1 Å². The van der Waals surface area contributed by atoms with Crippen molar-refractivity contribution in [3.63, 3.8) is 0 Å². The Balaban J connectivity index is 2.59. The fourth-order valence-corrected chi connectivity index (χ4v) is 3.16. The maximum atomic E-state index is 12.0. The van der Waals surface area contributed by atoms with Crippen LogP contribution in [0, 0.1) is 0 Å². The van der Waals surface area contributed by atoms with Gasteiger partial charge in [0.25, 0.3) is 0 Å². The third kappa shape index (κ3) is 6.04. The highest BCUT2D eigenvalue weighted by Crippen LogP contribution is 2.27. The molecule has 1 amide bonds. The van der Waals surface area contributed by atoms with Gasteiger partial charge in [0.15, 0.2) is 0 Å². The quantitative estimate of drug-likeness (QED) is 0.744. The van der Waals surface area contributed by atoms with E-state index < -0.39 is 17.1 Å². The number of carbonyl (C=O) groups is 2. The Morgan fingerprint density at radius 1 is 1.41 bits per heavy atom. The number of hydrogen-bond acceptors (Lipinski definition) is 5. The van der Waals surface area contributed by atoms with E-state index in [9.17, 15) is 9.59 Å². The lowest BCUT2D eigenvalue weighted by molar-refractivity contribution is -0.141. The van der Waals surface area contributed by atoms with E-state index in [0.29, 0.717) is 13.1 Å². The van der Waals surface area contributed by atoms with Crippen LogP contribution in [0.3, 0.4) is 0 Å². The van der Waals surface area contributed by atoms with E-state index in [4.69, 9.17) is 9.84 Å². The number of carbonyl (C=O) groups excluding carboxylic acids is 1. The topological polar surface area (TPSA) is 78.9 Å². The van der Waals surface area contributed by atoms with E-state index in [1.807, 2.05) is 27.0 Å². The molecule has 0 aliphatic carbocycles. The number of nitrogens with zero attached hydrogens (tertiary/aromatic N) is 1. The molecule has 0 aromatic carbocycles. The molecule has 1 saturated heterocycles. The number of ether oxygens (including phenoxy) is 1. The Hall–Kier alpha value is -0.950. The molecule has 1 atom stereocenters. The van der Waals surface area contributed by atoms with Crippen LogP contribution in [0.1, 0.15) is 40.5 Å². The summed E-state index contributed by atoms with van der Waals surface area (Å²) in [5, 5.41) is 12.5. The Labute approximate surface area is 137 Å². The van der Waals surface area contributed by atoms with Crippen LogP contribution in [-0.2, 0) is 9.53 Å². The number of carboxylic acid groups (broad SMARTS) is 1. The van der Waals surface area contributed by atoms with Gasteiger partial charge in [-0.3, -0.25) is 4.79 Å². The van der Waals surface area contributed by atoms with E-state index in [1.54, 1.807) is 16.7 Å². The second-order valence-electron chi connectivity index (χ2n) is 7.01. The van der Waals surface area contributed by atoms with Gasteiger partial charge in [0, 0.05) is 19.1 Å². The maximum Gasteiger partial charge on any atom is 0.410 e. The second kappa shape index (κ2) is 7.55. The minimum atomic E-state index is -0.853. The molecular formula is C15H28N2O4S. The number of nitrogens with one attached hydrogen (secondary N) is 1. The summed E-state index contributed by atoms with van der Waals surface area (Å²) in [4.78, 5) is 24.7. The van der Waals surface area contributed by atoms with Crippen LogP contribution >= 0.6 is 11.8 Å². The van der Waals surface area contributed by atoms with Crippen LogP contribution in [0.4, 0.5) is 4.79 Å². The van der Waals surface area contributed by atoms with Crippen molar-refractivity contribution in [1.29, 1.82) is 0 Å². The Morgan fingerprint density at radius 3 is 2.45 bits per heavy atom. The molecule has 1 rings (SSSR count). The van der Waals surface area contributed by atoms with Crippen LogP contribution in [0.2, 0.25) is 0 Å². The SMILES string of the molecule is CSCCC(C)NC1(CC(=O)O)CN(C(=O)OC(C)(C)C)C1. The number of likely N-dealkylation sites (tertiary alicyclic amines) is 1. The first-order valence-electron chi connectivity index (χ1n) is 7.53. The summed E-state index contributed by atoms with van der Waals surface area (Å²) in [5.41, 5.74) is -1.08. The second-order valence-corrected chi connectivity index (χ2v) is 8.00. The molecule has 7 heteroatoms. The monoisotopic (exact) mass is 332 g/mol. The van der Waals surface area contributed by atoms with Gasteiger partial charge >= 0.3 is 12.1 Å². The molecule has 128 valence electrons. The summed E-state index contributed by atoms with van der Waals surface area (Å²) in [6, 6.07) is 0.215. The van der Waals surface area contributed by atoms with Crippen molar-refractivity contribution in [2.75, 3.05) is 25.1 Å². The summed E-state index contributed by atoms with van der Waals surface area (Å²) in [6.45, 7) is 8.25. The molecule has 1 unspecified atom stereocenters. The zero-order valence-electron chi connectivity index (χ0n) is 14.1. The largest absolute Gasteiger partial charge is 0.481 e. The Morgan fingerprint density at radius 2 is 2.00 bits per heavy atom. The molecule has 1 aliphatic heterocycles. The molecule has 22 heavy (non-hydrogen) atoms. The van der Waals surface area contributed by atoms with Gasteiger partial charge in [-0.1, -0.05) is 0 Å². The number of carboxylic acids is 1. The summed E-state index contributed by atoms with van der Waals surface area (Å²) >= 11 is 1.77. The average Bonchev–Trinajstić information content (AvgIpc) is 2.29. The molecule has 1 aliphatic rings. The standard InChI is InChI=1S/C15H28N2O4S/c1-11(6-7-22-5)16-15(8-12(18)19)9-17(10-15)13(20)21-14(2,3)4/h11,16H,6-10H2,1-5H3,(H,18,19). The fourth-order valence-electron chi connectivity index (χ4n) is 2.57. The summed E-state index contributed by atoms with van der Waals surface area (Å²) in [7, 11) is 0. The summed E-state index contributed by atoms with van der Waals surface area (Å²) in [6.07, 6.45) is 2.64. The number of thioether (sulfide) groups is 1. The predicted octanol–water partition coefficient (Wildman–Crippen LogP) is 2.18. The molecule has 0 radical (unpaired) electrons. The molecular weight excluding hydrogens is 304 g/mol. The van der Waals surface area contributed by atoms with Crippen molar-refractivity contribution >= 4 is 23.8 Å². The minimum Gasteiger partial charge on any atom is -0.481 e. The smallest absolute Gasteiger partial charge is 0.410 e. The molecule has 6 nitrogen and oxygen atoms in total. The lowest BCUT2D eigenvalue weighted by atomic mass is 9.85. The first-order chi connectivity index (χ1) is 10.1. The average molecular weight is 332 g/mol. The van der Waals surface area contributed by atoms with Crippen molar-refractivity contribution < 1.29 is 19.4 Å². The lowest BCUT2D eigenvalue weighted by Gasteiger charge is -2.51. The molecule has 0 saturated carbocycles. The minimum absolute atomic E-state index is 0.00983. The maximum absolute atomic E-state index is 12.0. The number of amides is 1. The van der Waals surface area contributed by atoms with E-state index in [-0.39, 0.29) is 18.6 Å². The zero-order chi connectivity index (χ0) is 17.0. The Bertz CT molecular complexity index is 403. The van der Waals surface area contributed by atoms with Gasteiger partial charge < -0.3 is 20.1 Å². The van der Waals surface area contributed by atoms with Crippen molar-refractivity contribution in [2.24, 2.45) is 0 Å². The van der Waals surface area contributed by atoms with E-state index in [1.165, 1.54) is 0 Å². The highest BCUT2D eigenvalue weighted by molar-refractivity contribution is 7.98. The third-order valence-electron chi connectivity index (χ3n) is 3.44. The molecule has 0 aromatic rings. The number of rotatable bonds is 7. The number of hydrogen-bond donors (Lipinski definition) is 2. The van der Waals surface area contributed by atoms with E-state index in [2.05, 4.69) is 12.2 Å².